The van der Waals surface area contributed by atoms with Crippen molar-refractivity contribution in [1.82, 2.24) is 0 Å². The van der Waals surface area contributed by atoms with E-state index in [9.17, 15) is 0 Å². The van der Waals surface area contributed by atoms with Crippen molar-refractivity contribution in [3.05, 3.63) is 73.3 Å². The molecule has 0 atom stereocenters. The fraction of sp³-hybridized carbons (Fsp3) is 0.125. The van der Waals surface area contributed by atoms with Crippen molar-refractivity contribution < 1.29 is 26.7 Å². The van der Waals surface area contributed by atoms with Crippen molar-refractivity contribution in [2.24, 2.45) is 0 Å². The molecule has 2 rings (SSSR count). The molecule has 7 heteroatoms. The maximum Gasteiger partial charge on any atom is 0.174 e. The molecule has 0 amide bonds. The lowest BCUT2D eigenvalue weighted by Gasteiger charge is -2.06. The zero-order valence-electron chi connectivity index (χ0n) is 13.0. The van der Waals surface area contributed by atoms with Crippen LogP contribution in [0.15, 0.2) is 73.3 Å². The first-order chi connectivity index (χ1) is 10.9. The number of pyridine rings is 2. The molecule has 6 nitrogen and oxygen atoms in total. The number of rotatable bonds is 2. The van der Waals surface area contributed by atoms with Gasteiger partial charge in [0.05, 0.1) is 0 Å². The van der Waals surface area contributed by atoms with Crippen LogP contribution in [-0.4, -0.2) is 17.5 Å². The van der Waals surface area contributed by atoms with Crippen molar-refractivity contribution in [2.75, 3.05) is 0 Å². The second kappa shape index (κ2) is 12.2. The maximum absolute atomic E-state index is 8.52. The van der Waals surface area contributed by atoms with Gasteiger partial charge in [-0.15, -0.1) is 0 Å². The molecule has 0 bridgehead atoms. The summed E-state index contributed by atoms with van der Waals surface area (Å²) in [7, 11) is -5.17. The fourth-order valence-electron chi connectivity index (χ4n) is 1.37. The Morgan fingerprint density at radius 2 is 0.957 bits per heavy atom. The third-order valence-corrected chi connectivity index (χ3v) is 2.12. The molecule has 0 saturated heterocycles. The Hall–Kier alpha value is -2.35. The molecule has 0 unspecified atom stereocenters. The van der Waals surface area contributed by atoms with E-state index in [1.165, 1.54) is 0 Å². The molecule has 0 aliphatic heterocycles. The van der Waals surface area contributed by atoms with Crippen LogP contribution in [0.1, 0.15) is 13.8 Å². The Labute approximate surface area is 137 Å². The minimum atomic E-state index is -5.17. The second-order valence-corrected chi connectivity index (χ2v) is 4.83. The van der Waals surface area contributed by atoms with E-state index in [0.717, 1.165) is 0 Å². The van der Waals surface area contributed by atoms with Crippen molar-refractivity contribution >= 4 is 22.8 Å². The van der Waals surface area contributed by atoms with Gasteiger partial charge in [-0.2, -0.15) is 9.13 Å². The summed E-state index contributed by atoms with van der Waals surface area (Å²) in [6.07, 6.45) is 16.0. The molecule has 23 heavy (non-hydrogen) atoms. The SMILES string of the molecule is CC=C[n+]1ccccc1.CC=C[n+]1ccccc1.O=S(=O)([O-])[O-]. The van der Waals surface area contributed by atoms with Crippen LogP contribution in [0.25, 0.3) is 12.4 Å². The molecule has 0 aliphatic carbocycles. The topological polar surface area (TPSA) is 88.0 Å². The minimum absolute atomic E-state index is 2.00. The predicted molar refractivity (Wildman–Crippen MR) is 85.8 cm³/mol. The Bertz CT molecular complexity index is 629. The van der Waals surface area contributed by atoms with E-state index >= 15 is 0 Å². The first-order valence-electron chi connectivity index (χ1n) is 6.70. The Kier molecular flexibility index (Phi) is 11.0. The van der Waals surface area contributed by atoms with E-state index in [4.69, 9.17) is 17.5 Å². The average molecular weight is 336 g/mol. The monoisotopic (exact) mass is 336 g/mol. The van der Waals surface area contributed by atoms with Crippen molar-refractivity contribution in [1.29, 1.82) is 0 Å². The Morgan fingerprint density at radius 3 is 1.17 bits per heavy atom. The molecule has 0 aromatic carbocycles. The normalized spacial score (nSPS) is 10.6. The van der Waals surface area contributed by atoms with Crippen LogP contribution in [0.3, 0.4) is 0 Å². The standard InChI is InChI=1S/2C8H10N.H2O4S/c2*1-2-6-9-7-4-3-5-8-9;1-5(2,3)4/h2*2-8H,1H3;(H2,1,2,3,4)/q2*+1;/p-2. The van der Waals surface area contributed by atoms with Crippen molar-refractivity contribution in [2.45, 2.75) is 13.8 Å². The summed E-state index contributed by atoms with van der Waals surface area (Å²) < 4.78 is 38.1. The zero-order chi connectivity index (χ0) is 17.6. The van der Waals surface area contributed by atoms with Crippen LogP contribution in [-0.2, 0) is 10.4 Å². The molecule has 0 saturated carbocycles. The van der Waals surface area contributed by atoms with Gasteiger partial charge in [-0.3, -0.25) is 8.42 Å². The summed E-state index contributed by atoms with van der Waals surface area (Å²) in [5.74, 6) is 0. The van der Waals surface area contributed by atoms with Gasteiger partial charge < -0.3 is 9.11 Å². The molecular weight excluding hydrogens is 316 g/mol. The third kappa shape index (κ3) is 15.9. The van der Waals surface area contributed by atoms with E-state index in [2.05, 4.69) is 0 Å². The molecule has 2 aromatic rings. The summed E-state index contributed by atoms with van der Waals surface area (Å²) in [6, 6.07) is 12.0. The highest BCUT2D eigenvalue weighted by Gasteiger charge is 1.85. The number of nitrogens with zero attached hydrogens (tertiary/aromatic N) is 2. The van der Waals surface area contributed by atoms with Gasteiger partial charge in [0.2, 0.25) is 0 Å². The Balaban J connectivity index is 0.000000332. The summed E-state index contributed by atoms with van der Waals surface area (Å²) in [4.78, 5) is 0. The van der Waals surface area contributed by atoms with Gasteiger partial charge in [-0.1, -0.05) is 12.1 Å². The zero-order valence-corrected chi connectivity index (χ0v) is 13.8. The molecule has 0 N–H and O–H groups in total. The average Bonchev–Trinajstić information content (AvgIpc) is 2.49. The minimum Gasteiger partial charge on any atom is -0.759 e. The van der Waals surface area contributed by atoms with Crippen LogP contribution in [0.4, 0.5) is 0 Å². The summed E-state index contributed by atoms with van der Waals surface area (Å²) in [5, 5.41) is 0. The van der Waals surface area contributed by atoms with Crippen LogP contribution in [0.5, 0.6) is 0 Å². The molecule has 0 radical (unpaired) electrons. The highest BCUT2D eigenvalue weighted by Crippen LogP contribution is 1.77. The first-order valence-corrected chi connectivity index (χ1v) is 8.04. The van der Waals surface area contributed by atoms with Crippen LogP contribution >= 0.6 is 0 Å². The first kappa shape index (κ1) is 20.6. The lowest BCUT2D eigenvalue weighted by atomic mass is 10.5. The molecule has 2 aromatic heterocycles. The van der Waals surface area contributed by atoms with E-state index in [-0.39, 0.29) is 0 Å². The highest BCUT2D eigenvalue weighted by atomic mass is 32.3. The molecule has 0 spiro atoms. The highest BCUT2D eigenvalue weighted by molar-refractivity contribution is 7.79. The molecule has 0 aliphatic rings. The van der Waals surface area contributed by atoms with Gasteiger partial charge in [0.1, 0.15) is 0 Å². The number of hydrogen-bond donors (Lipinski definition) is 0. The third-order valence-electron chi connectivity index (χ3n) is 2.12. The van der Waals surface area contributed by atoms with Crippen LogP contribution in [0.2, 0.25) is 0 Å². The van der Waals surface area contributed by atoms with E-state index < -0.39 is 10.4 Å². The summed E-state index contributed by atoms with van der Waals surface area (Å²) >= 11 is 0. The summed E-state index contributed by atoms with van der Waals surface area (Å²) in [5.41, 5.74) is 0. The second-order valence-electron chi connectivity index (χ2n) is 4.02. The number of allylic oxidation sites excluding steroid dienone is 2. The lowest BCUT2D eigenvalue weighted by Crippen LogP contribution is -2.23. The van der Waals surface area contributed by atoms with E-state index in [1.807, 2.05) is 109 Å². The molecular formula is C16H20N2O4S. The van der Waals surface area contributed by atoms with Gasteiger partial charge in [0.25, 0.3) is 0 Å². The number of hydrogen-bond acceptors (Lipinski definition) is 4. The van der Waals surface area contributed by atoms with Gasteiger partial charge >= 0.3 is 0 Å². The van der Waals surface area contributed by atoms with Crippen molar-refractivity contribution in [3.8, 4) is 0 Å². The van der Waals surface area contributed by atoms with Gasteiger partial charge in [0, 0.05) is 34.7 Å². The lowest BCUT2D eigenvalue weighted by molar-refractivity contribution is -0.568. The van der Waals surface area contributed by atoms with E-state index in [1.54, 1.807) is 0 Å². The smallest absolute Gasteiger partial charge is 0.174 e. The fourth-order valence-corrected chi connectivity index (χ4v) is 1.37. The van der Waals surface area contributed by atoms with E-state index in [0.29, 0.717) is 0 Å². The maximum atomic E-state index is 8.52. The molecule has 2 heterocycles. The number of aromatic nitrogens is 2. The largest absolute Gasteiger partial charge is 0.759 e. The Morgan fingerprint density at radius 1 is 0.696 bits per heavy atom. The van der Waals surface area contributed by atoms with Gasteiger partial charge in [-0.25, -0.2) is 0 Å². The quantitative estimate of drug-likeness (QED) is 0.473. The summed E-state index contributed by atoms with van der Waals surface area (Å²) in [6.45, 7) is 4.00. The molecule has 124 valence electrons. The van der Waals surface area contributed by atoms with Gasteiger partial charge in [-0.05, 0) is 26.0 Å². The van der Waals surface area contributed by atoms with Crippen molar-refractivity contribution in [3.63, 3.8) is 0 Å². The molecule has 0 fully saturated rings. The predicted octanol–water partition coefficient (Wildman–Crippen LogP) is 1.59. The van der Waals surface area contributed by atoms with Gasteiger partial charge in [0.15, 0.2) is 37.2 Å². The van der Waals surface area contributed by atoms with Crippen LogP contribution < -0.4 is 9.13 Å². The van der Waals surface area contributed by atoms with Crippen LogP contribution in [0, 0.1) is 0 Å².